The Hall–Kier alpha value is -0.580. The van der Waals surface area contributed by atoms with Gasteiger partial charge in [0.05, 0.1) is 11.1 Å². The van der Waals surface area contributed by atoms with Crippen LogP contribution in [0.3, 0.4) is 0 Å². The van der Waals surface area contributed by atoms with E-state index in [1.54, 1.807) is 0 Å². The Labute approximate surface area is 107 Å². The maximum Gasteiger partial charge on any atom is 0.220 e. The summed E-state index contributed by atoms with van der Waals surface area (Å²) < 4.78 is 0.841. The van der Waals surface area contributed by atoms with Crippen molar-refractivity contribution in [1.29, 1.82) is 0 Å². The van der Waals surface area contributed by atoms with Crippen LogP contribution >= 0.6 is 27.5 Å². The summed E-state index contributed by atoms with van der Waals surface area (Å²) in [5.74, 6) is 0.0470. The Morgan fingerprint density at radius 1 is 1.50 bits per heavy atom. The second-order valence-electron chi connectivity index (χ2n) is 3.92. The van der Waals surface area contributed by atoms with E-state index in [-0.39, 0.29) is 18.0 Å². The van der Waals surface area contributed by atoms with Crippen molar-refractivity contribution in [3.8, 4) is 0 Å². The fourth-order valence-corrected chi connectivity index (χ4v) is 2.29. The number of nitrogens with two attached hydrogens (primary N) is 1. The van der Waals surface area contributed by atoms with E-state index < -0.39 is 0 Å². The summed E-state index contributed by atoms with van der Waals surface area (Å²) in [6.45, 7) is 0. The smallest absolute Gasteiger partial charge is 0.220 e. The van der Waals surface area contributed by atoms with Crippen LogP contribution in [0.1, 0.15) is 24.4 Å². The van der Waals surface area contributed by atoms with Crippen LogP contribution in [0.2, 0.25) is 5.02 Å². The number of nitrogens with one attached hydrogen (secondary N) is 1. The second-order valence-corrected chi connectivity index (χ2v) is 5.18. The van der Waals surface area contributed by atoms with Crippen molar-refractivity contribution in [2.24, 2.45) is 5.73 Å². The van der Waals surface area contributed by atoms with Gasteiger partial charge in [0, 0.05) is 16.9 Å². The van der Waals surface area contributed by atoms with Crippen molar-refractivity contribution in [3.05, 3.63) is 33.3 Å². The highest BCUT2D eigenvalue weighted by Gasteiger charge is 2.27. The van der Waals surface area contributed by atoms with Crippen molar-refractivity contribution in [2.75, 3.05) is 0 Å². The number of halogens is 2. The fraction of sp³-hybridized carbons (Fsp3) is 0.364. The van der Waals surface area contributed by atoms with E-state index in [0.29, 0.717) is 17.9 Å². The Morgan fingerprint density at radius 3 is 2.94 bits per heavy atom. The van der Waals surface area contributed by atoms with E-state index in [2.05, 4.69) is 21.2 Å². The van der Waals surface area contributed by atoms with Gasteiger partial charge in [0.1, 0.15) is 0 Å². The van der Waals surface area contributed by atoms with E-state index in [1.807, 2.05) is 18.2 Å². The molecule has 1 aromatic carbocycles. The highest BCUT2D eigenvalue weighted by Crippen LogP contribution is 2.29. The minimum atomic E-state index is -0.133. The molecule has 2 rings (SSSR count). The number of carbonyl (C=O) groups excluding carboxylic acids is 1. The Balaban J connectivity index is 2.28. The van der Waals surface area contributed by atoms with E-state index >= 15 is 0 Å². The molecule has 1 fully saturated rings. The molecule has 0 spiro atoms. The summed E-state index contributed by atoms with van der Waals surface area (Å²) in [6.07, 6.45) is 1.21. The number of carbonyl (C=O) groups is 1. The van der Waals surface area contributed by atoms with Gasteiger partial charge < -0.3 is 11.1 Å². The molecule has 1 aromatic rings. The normalized spacial score (nSPS) is 25.3. The van der Waals surface area contributed by atoms with Gasteiger partial charge in [-0.1, -0.05) is 17.7 Å². The van der Waals surface area contributed by atoms with Crippen LogP contribution in [0.25, 0.3) is 0 Å². The van der Waals surface area contributed by atoms with Crippen LogP contribution in [-0.2, 0) is 4.79 Å². The van der Waals surface area contributed by atoms with Gasteiger partial charge in [-0.3, -0.25) is 4.79 Å². The predicted octanol–water partition coefficient (Wildman–Crippen LogP) is 2.38. The van der Waals surface area contributed by atoms with Gasteiger partial charge in [-0.15, -0.1) is 0 Å². The zero-order chi connectivity index (χ0) is 11.7. The lowest BCUT2D eigenvalue weighted by Gasteiger charge is -2.30. The number of hydrogen-bond acceptors (Lipinski definition) is 2. The molecule has 3 N–H and O–H groups in total. The Bertz CT molecular complexity index is 424. The lowest BCUT2D eigenvalue weighted by atomic mass is 9.93. The summed E-state index contributed by atoms with van der Waals surface area (Å²) >= 11 is 9.35. The zero-order valence-electron chi connectivity index (χ0n) is 8.54. The minimum absolute atomic E-state index is 0.0463. The van der Waals surface area contributed by atoms with Gasteiger partial charge in [-0.25, -0.2) is 0 Å². The van der Waals surface area contributed by atoms with Crippen LogP contribution in [0.4, 0.5) is 0 Å². The first-order chi connectivity index (χ1) is 7.58. The molecule has 2 unspecified atom stereocenters. The van der Waals surface area contributed by atoms with E-state index in [4.69, 9.17) is 17.3 Å². The first-order valence-corrected chi connectivity index (χ1v) is 6.25. The molecule has 86 valence electrons. The summed E-state index contributed by atoms with van der Waals surface area (Å²) in [4.78, 5) is 11.3. The number of rotatable bonds is 1. The maximum atomic E-state index is 11.3. The van der Waals surface area contributed by atoms with Crippen LogP contribution < -0.4 is 11.1 Å². The third kappa shape index (κ3) is 2.39. The first kappa shape index (κ1) is 11.9. The standard InChI is InChI=1S/C11H12BrClN2O/c12-7-2-1-6(5-8(7)13)11-9(14)3-4-10(16)15-11/h1-2,5,9,11H,3-4,14H2,(H,15,16). The Morgan fingerprint density at radius 2 is 2.25 bits per heavy atom. The van der Waals surface area contributed by atoms with Crippen LogP contribution in [0.15, 0.2) is 22.7 Å². The molecule has 0 bridgehead atoms. The van der Waals surface area contributed by atoms with Crippen molar-refractivity contribution in [2.45, 2.75) is 24.9 Å². The quantitative estimate of drug-likeness (QED) is 0.837. The van der Waals surface area contributed by atoms with Gasteiger partial charge in [0.15, 0.2) is 0 Å². The summed E-state index contributed by atoms with van der Waals surface area (Å²) in [7, 11) is 0. The molecule has 5 heteroatoms. The topological polar surface area (TPSA) is 55.1 Å². The molecule has 0 aromatic heterocycles. The van der Waals surface area contributed by atoms with Crippen LogP contribution in [-0.4, -0.2) is 11.9 Å². The molecule has 1 aliphatic rings. The average Bonchev–Trinajstić information content (AvgIpc) is 2.26. The molecule has 0 aliphatic carbocycles. The second kappa shape index (κ2) is 4.73. The predicted molar refractivity (Wildman–Crippen MR) is 67.2 cm³/mol. The molecule has 2 atom stereocenters. The third-order valence-corrected chi connectivity index (χ3v) is 3.98. The average molecular weight is 304 g/mol. The van der Waals surface area contributed by atoms with E-state index in [9.17, 15) is 4.79 Å². The van der Waals surface area contributed by atoms with Gasteiger partial charge in [0.2, 0.25) is 5.91 Å². The fourth-order valence-electron chi connectivity index (χ4n) is 1.85. The monoisotopic (exact) mass is 302 g/mol. The summed E-state index contributed by atoms with van der Waals surface area (Å²) in [5, 5.41) is 3.52. The van der Waals surface area contributed by atoms with Crippen molar-refractivity contribution in [3.63, 3.8) is 0 Å². The number of hydrogen-bond donors (Lipinski definition) is 2. The summed E-state index contributed by atoms with van der Waals surface area (Å²) in [5.41, 5.74) is 6.94. The summed E-state index contributed by atoms with van der Waals surface area (Å²) in [6, 6.07) is 5.45. The molecule has 0 radical (unpaired) electrons. The van der Waals surface area contributed by atoms with Gasteiger partial charge in [0.25, 0.3) is 0 Å². The minimum Gasteiger partial charge on any atom is -0.348 e. The molecule has 3 nitrogen and oxygen atoms in total. The maximum absolute atomic E-state index is 11.3. The molecule has 1 aliphatic heterocycles. The molecule has 1 amide bonds. The number of piperidine rings is 1. The lowest BCUT2D eigenvalue weighted by molar-refractivity contribution is -0.123. The Kier molecular flexibility index (Phi) is 3.52. The molecule has 1 heterocycles. The van der Waals surface area contributed by atoms with E-state index in [0.717, 1.165) is 10.0 Å². The lowest BCUT2D eigenvalue weighted by Crippen LogP contribution is -2.45. The molecule has 0 saturated carbocycles. The van der Waals surface area contributed by atoms with Crippen molar-refractivity contribution >= 4 is 33.4 Å². The van der Waals surface area contributed by atoms with Gasteiger partial charge >= 0.3 is 0 Å². The van der Waals surface area contributed by atoms with Crippen LogP contribution in [0.5, 0.6) is 0 Å². The highest BCUT2D eigenvalue weighted by molar-refractivity contribution is 9.10. The highest BCUT2D eigenvalue weighted by atomic mass is 79.9. The van der Waals surface area contributed by atoms with Crippen LogP contribution in [0, 0.1) is 0 Å². The third-order valence-electron chi connectivity index (χ3n) is 2.75. The zero-order valence-corrected chi connectivity index (χ0v) is 10.9. The van der Waals surface area contributed by atoms with Gasteiger partial charge in [-0.05, 0) is 40.0 Å². The number of amides is 1. The van der Waals surface area contributed by atoms with E-state index in [1.165, 1.54) is 0 Å². The molecular formula is C11H12BrClN2O. The van der Waals surface area contributed by atoms with Crippen molar-refractivity contribution < 1.29 is 4.79 Å². The van der Waals surface area contributed by atoms with Gasteiger partial charge in [-0.2, -0.15) is 0 Å². The molecule has 16 heavy (non-hydrogen) atoms. The SMILES string of the molecule is NC1CCC(=O)NC1c1ccc(Br)c(Cl)c1. The molecular weight excluding hydrogens is 291 g/mol. The van der Waals surface area contributed by atoms with Crippen molar-refractivity contribution in [1.82, 2.24) is 5.32 Å². The number of benzene rings is 1. The molecule has 1 saturated heterocycles. The largest absolute Gasteiger partial charge is 0.348 e. The first-order valence-electron chi connectivity index (χ1n) is 5.08.